The molecule has 0 unspecified atom stereocenters. The van der Waals surface area contributed by atoms with E-state index in [4.69, 9.17) is 5.73 Å². The van der Waals surface area contributed by atoms with Crippen LogP contribution in [-0.2, 0) is 28.3 Å². The second kappa shape index (κ2) is 7.25. The summed E-state index contributed by atoms with van der Waals surface area (Å²) in [6.07, 6.45) is 3.23. The van der Waals surface area contributed by atoms with Crippen molar-refractivity contribution < 1.29 is 13.2 Å². The summed E-state index contributed by atoms with van der Waals surface area (Å²) in [4.78, 5) is 11.7. The number of aromatic nitrogens is 2. The molecule has 124 valence electrons. The molecule has 9 heteroatoms. The number of sulfonamides is 1. The van der Waals surface area contributed by atoms with Gasteiger partial charge in [-0.15, -0.1) is 0 Å². The maximum absolute atomic E-state index is 11.9. The average Bonchev–Trinajstić information content (AvgIpc) is 2.95. The number of amides is 1. The van der Waals surface area contributed by atoms with E-state index in [0.717, 1.165) is 5.56 Å². The summed E-state index contributed by atoms with van der Waals surface area (Å²) in [5.41, 5.74) is 7.31. The molecule has 2 aromatic rings. The molecule has 2 rings (SSSR count). The van der Waals surface area contributed by atoms with E-state index in [1.165, 1.54) is 17.1 Å². The first-order chi connectivity index (χ1) is 10.9. The number of nitrogens with one attached hydrogen (secondary N) is 2. The molecule has 1 aromatic carbocycles. The zero-order valence-corrected chi connectivity index (χ0v) is 13.5. The predicted molar refractivity (Wildman–Crippen MR) is 86.0 cm³/mol. The third kappa shape index (κ3) is 5.08. The lowest BCUT2D eigenvalue weighted by Gasteiger charge is -2.07. The van der Waals surface area contributed by atoms with Gasteiger partial charge in [-0.3, -0.25) is 9.48 Å². The van der Waals surface area contributed by atoms with Gasteiger partial charge in [0.2, 0.25) is 15.9 Å². The number of carbonyl (C=O) groups is 1. The van der Waals surface area contributed by atoms with Crippen molar-refractivity contribution in [3.63, 3.8) is 0 Å². The molecule has 0 bridgehead atoms. The Morgan fingerprint density at radius 2 is 2.00 bits per heavy atom. The van der Waals surface area contributed by atoms with Crippen LogP contribution in [-0.4, -0.2) is 37.2 Å². The number of nitrogen functional groups attached to an aromatic ring is 1. The third-order valence-electron chi connectivity index (χ3n) is 3.13. The summed E-state index contributed by atoms with van der Waals surface area (Å²) in [7, 11) is -2.11. The molecule has 0 fully saturated rings. The number of nitrogens with two attached hydrogens (primary N) is 1. The van der Waals surface area contributed by atoms with Crippen LogP contribution in [0.4, 0.5) is 5.69 Å². The maximum atomic E-state index is 11.9. The van der Waals surface area contributed by atoms with E-state index in [0.29, 0.717) is 18.7 Å². The Labute approximate surface area is 134 Å². The summed E-state index contributed by atoms with van der Waals surface area (Å²) >= 11 is 0. The van der Waals surface area contributed by atoms with Gasteiger partial charge in [0.05, 0.1) is 12.7 Å². The van der Waals surface area contributed by atoms with Crippen molar-refractivity contribution in [3.8, 4) is 0 Å². The predicted octanol–water partition coefficient (Wildman–Crippen LogP) is -0.360. The minimum absolute atomic E-state index is 0.0228. The van der Waals surface area contributed by atoms with Gasteiger partial charge in [-0.05, 0) is 24.1 Å². The third-order valence-corrected chi connectivity index (χ3v) is 4.49. The zero-order chi connectivity index (χ0) is 16.9. The maximum Gasteiger partial charge on any atom is 0.244 e. The van der Waals surface area contributed by atoms with Crippen LogP contribution in [0.5, 0.6) is 0 Å². The number of hydrogen-bond donors (Lipinski definition) is 3. The van der Waals surface area contributed by atoms with Crippen LogP contribution in [0.15, 0.2) is 41.6 Å². The highest BCUT2D eigenvalue weighted by atomic mass is 32.2. The van der Waals surface area contributed by atoms with Crippen molar-refractivity contribution in [1.82, 2.24) is 19.8 Å². The SMILES string of the molecule is Cn1cc(S(=O)(=O)NCC(=O)NCCc2ccc(N)cc2)cn1. The van der Waals surface area contributed by atoms with E-state index < -0.39 is 15.9 Å². The van der Waals surface area contributed by atoms with E-state index in [1.54, 1.807) is 19.2 Å². The van der Waals surface area contributed by atoms with E-state index in [2.05, 4.69) is 15.1 Å². The van der Waals surface area contributed by atoms with E-state index in [9.17, 15) is 13.2 Å². The first-order valence-electron chi connectivity index (χ1n) is 6.96. The summed E-state index contributed by atoms with van der Waals surface area (Å²) in [5.74, 6) is -0.395. The van der Waals surface area contributed by atoms with Gasteiger partial charge in [0.25, 0.3) is 0 Å². The fourth-order valence-corrected chi connectivity index (χ4v) is 2.84. The Kier molecular flexibility index (Phi) is 5.35. The normalized spacial score (nSPS) is 11.3. The smallest absolute Gasteiger partial charge is 0.244 e. The number of benzene rings is 1. The topological polar surface area (TPSA) is 119 Å². The second-order valence-electron chi connectivity index (χ2n) is 5.02. The number of anilines is 1. The number of aryl methyl sites for hydroxylation is 1. The minimum Gasteiger partial charge on any atom is -0.399 e. The van der Waals surface area contributed by atoms with Crippen LogP contribution in [0, 0.1) is 0 Å². The van der Waals surface area contributed by atoms with Gasteiger partial charge in [0.15, 0.2) is 0 Å². The van der Waals surface area contributed by atoms with Gasteiger partial charge < -0.3 is 11.1 Å². The largest absolute Gasteiger partial charge is 0.399 e. The molecule has 1 amide bonds. The minimum atomic E-state index is -3.72. The summed E-state index contributed by atoms with van der Waals surface area (Å²) in [5, 5.41) is 6.44. The average molecular weight is 337 g/mol. The number of nitrogens with zero attached hydrogens (tertiary/aromatic N) is 2. The molecule has 0 aliphatic carbocycles. The lowest BCUT2D eigenvalue weighted by Crippen LogP contribution is -2.37. The van der Waals surface area contributed by atoms with Crippen molar-refractivity contribution in [3.05, 3.63) is 42.2 Å². The zero-order valence-electron chi connectivity index (χ0n) is 12.7. The van der Waals surface area contributed by atoms with Gasteiger partial charge in [-0.25, -0.2) is 13.1 Å². The second-order valence-corrected chi connectivity index (χ2v) is 6.78. The van der Waals surface area contributed by atoms with E-state index >= 15 is 0 Å². The molecule has 0 saturated heterocycles. The summed E-state index contributed by atoms with van der Waals surface area (Å²) < 4.78 is 27.5. The molecular weight excluding hydrogens is 318 g/mol. The molecule has 1 aromatic heterocycles. The highest BCUT2D eigenvalue weighted by Gasteiger charge is 2.16. The van der Waals surface area contributed by atoms with Gasteiger partial charge in [0.1, 0.15) is 4.90 Å². The number of carbonyl (C=O) groups excluding carboxylic acids is 1. The molecule has 0 atom stereocenters. The molecule has 8 nitrogen and oxygen atoms in total. The van der Waals surface area contributed by atoms with Crippen LogP contribution in [0.1, 0.15) is 5.56 Å². The molecule has 1 heterocycles. The van der Waals surface area contributed by atoms with Crippen molar-refractivity contribution in [2.24, 2.45) is 7.05 Å². The van der Waals surface area contributed by atoms with E-state index in [1.807, 2.05) is 12.1 Å². The molecule has 0 spiro atoms. The van der Waals surface area contributed by atoms with Crippen molar-refractivity contribution in [2.75, 3.05) is 18.8 Å². The monoisotopic (exact) mass is 337 g/mol. The molecule has 23 heavy (non-hydrogen) atoms. The van der Waals surface area contributed by atoms with Gasteiger partial charge in [-0.1, -0.05) is 12.1 Å². The van der Waals surface area contributed by atoms with Crippen LogP contribution in [0.2, 0.25) is 0 Å². The van der Waals surface area contributed by atoms with Gasteiger partial charge >= 0.3 is 0 Å². The Hall–Kier alpha value is -2.39. The first-order valence-corrected chi connectivity index (χ1v) is 8.44. The standard InChI is InChI=1S/C14H19N5O3S/c1-19-10-13(8-17-19)23(21,22)18-9-14(20)16-7-6-11-2-4-12(15)5-3-11/h2-5,8,10,18H,6-7,9,15H2,1H3,(H,16,20). The lowest BCUT2D eigenvalue weighted by molar-refractivity contribution is -0.119. The fraction of sp³-hybridized carbons (Fsp3) is 0.286. The van der Waals surface area contributed by atoms with Crippen molar-refractivity contribution in [2.45, 2.75) is 11.3 Å². The Bertz CT molecular complexity index is 768. The highest BCUT2D eigenvalue weighted by Crippen LogP contribution is 2.06. The van der Waals surface area contributed by atoms with Crippen LogP contribution < -0.4 is 15.8 Å². The Morgan fingerprint density at radius 1 is 1.30 bits per heavy atom. The lowest BCUT2D eigenvalue weighted by atomic mass is 10.1. The molecule has 4 N–H and O–H groups in total. The Balaban J connectivity index is 1.75. The summed E-state index contributed by atoms with van der Waals surface area (Å²) in [6.45, 7) is 0.0936. The van der Waals surface area contributed by atoms with Crippen LogP contribution in [0.25, 0.3) is 0 Å². The van der Waals surface area contributed by atoms with Crippen LogP contribution in [0.3, 0.4) is 0 Å². The van der Waals surface area contributed by atoms with Crippen molar-refractivity contribution in [1.29, 1.82) is 0 Å². The first kappa shape index (κ1) is 17.0. The molecular formula is C14H19N5O3S. The van der Waals surface area contributed by atoms with Crippen LogP contribution >= 0.6 is 0 Å². The van der Waals surface area contributed by atoms with E-state index in [-0.39, 0.29) is 11.4 Å². The fourth-order valence-electron chi connectivity index (χ4n) is 1.87. The molecule has 0 aliphatic heterocycles. The molecule has 0 saturated carbocycles. The van der Waals surface area contributed by atoms with Gasteiger partial charge in [0, 0.05) is 25.5 Å². The highest BCUT2D eigenvalue weighted by molar-refractivity contribution is 7.89. The van der Waals surface area contributed by atoms with Crippen molar-refractivity contribution >= 4 is 21.6 Å². The van der Waals surface area contributed by atoms with Gasteiger partial charge in [-0.2, -0.15) is 5.10 Å². The molecule has 0 aliphatic rings. The summed E-state index contributed by atoms with van der Waals surface area (Å²) in [6, 6.07) is 7.34. The number of rotatable bonds is 7. The quantitative estimate of drug-likeness (QED) is 0.596. The molecule has 0 radical (unpaired) electrons. The number of hydrogen-bond acceptors (Lipinski definition) is 5. The Morgan fingerprint density at radius 3 is 2.61 bits per heavy atom.